The molecule has 0 bridgehead atoms. The van der Waals surface area contributed by atoms with E-state index in [2.05, 4.69) is 13.8 Å². The number of hydrogen-bond donors (Lipinski definition) is 1. The number of amides is 1. The van der Waals surface area contributed by atoms with Crippen LogP contribution < -0.4 is 5.73 Å². The summed E-state index contributed by atoms with van der Waals surface area (Å²) in [4.78, 5) is 23.8. The molecule has 1 unspecified atom stereocenters. The molecule has 0 saturated heterocycles. The first-order chi connectivity index (χ1) is 10.9. The molecule has 0 aliphatic heterocycles. The Morgan fingerprint density at radius 1 is 1.09 bits per heavy atom. The van der Waals surface area contributed by atoms with Gasteiger partial charge < -0.3 is 5.73 Å². The lowest BCUT2D eigenvalue weighted by Crippen LogP contribution is -2.51. The van der Waals surface area contributed by atoms with Crippen LogP contribution in [0.2, 0.25) is 0 Å². The average Bonchev–Trinajstić information content (AvgIpc) is 2.85. The lowest BCUT2D eigenvalue weighted by molar-refractivity contribution is -0.129. The van der Waals surface area contributed by atoms with Crippen LogP contribution in [0.3, 0.4) is 0 Å². The predicted octanol–water partition coefficient (Wildman–Crippen LogP) is 3.62. The molecule has 4 aliphatic carbocycles. The number of allylic oxidation sites excluding steroid dienone is 1. The summed E-state index contributed by atoms with van der Waals surface area (Å²) in [5.74, 6) is 2.38. The van der Waals surface area contributed by atoms with Gasteiger partial charge in [-0.1, -0.05) is 19.4 Å². The summed E-state index contributed by atoms with van der Waals surface area (Å²) in [7, 11) is 0. The van der Waals surface area contributed by atoms with Crippen molar-refractivity contribution in [3.05, 3.63) is 11.6 Å². The van der Waals surface area contributed by atoms with Crippen molar-refractivity contribution in [2.45, 2.75) is 65.2 Å². The van der Waals surface area contributed by atoms with E-state index >= 15 is 0 Å². The molecule has 2 N–H and O–H groups in total. The molecule has 0 radical (unpaired) electrons. The van der Waals surface area contributed by atoms with Crippen molar-refractivity contribution in [3.63, 3.8) is 0 Å². The Hall–Kier alpha value is -1.12. The molecule has 126 valence electrons. The maximum Gasteiger partial charge on any atom is 0.221 e. The topological polar surface area (TPSA) is 60.2 Å². The van der Waals surface area contributed by atoms with Crippen LogP contribution in [0.5, 0.6) is 0 Å². The maximum absolute atomic E-state index is 11.9. The van der Waals surface area contributed by atoms with Crippen molar-refractivity contribution < 1.29 is 9.59 Å². The average molecular weight is 315 g/mol. The molecule has 0 heterocycles. The molecule has 4 rings (SSSR count). The Morgan fingerprint density at radius 3 is 2.61 bits per heavy atom. The molecule has 1 amide bonds. The van der Waals surface area contributed by atoms with Crippen molar-refractivity contribution in [3.8, 4) is 0 Å². The smallest absolute Gasteiger partial charge is 0.221 e. The van der Waals surface area contributed by atoms with Crippen molar-refractivity contribution in [1.29, 1.82) is 0 Å². The predicted molar refractivity (Wildman–Crippen MR) is 89.4 cm³/mol. The minimum atomic E-state index is -0.0840. The van der Waals surface area contributed by atoms with Gasteiger partial charge in [-0.15, -0.1) is 0 Å². The zero-order chi connectivity index (χ0) is 16.4. The van der Waals surface area contributed by atoms with Crippen LogP contribution in [0.15, 0.2) is 11.6 Å². The molecule has 3 fully saturated rings. The molecule has 6 atom stereocenters. The SMILES string of the molecule is C[C@]12CCC(=O)C=C1CC[C@@H]1[C@H]2CC[C@]2(C)C(C(N)=O)CC[C@@H]12. The normalized spacial score (nSPS) is 49.0. The zero-order valence-corrected chi connectivity index (χ0v) is 14.4. The van der Waals surface area contributed by atoms with E-state index in [1.807, 2.05) is 6.08 Å². The fraction of sp³-hybridized carbons (Fsp3) is 0.800. The Balaban J connectivity index is 1.67. The lowest BCUT2D eigenvalue weighted by atomic mass is 9.47. The third-order valence-electron chi connectivity index (χ3n) is 8.31. The summed E-state index contributed by atoms with van der Waals surface area (Å²) in [5.41, 5.74) is 7.48. The third-order valence-corrected chi connectivity index (χ3v) is 8.31. The molecule has 0 aromatic carbocycles. The van der Waals surface area contributed by atoms with Crippen LogP contribution >= 0.6 is 0 Å². The lowest BCUT2D eigenvalue weighted by Gasteiger charge is -2.58. The summed E-state index contributed by atoms with van der Waals surface area (Å²) < 4.78 is 0. The van der Waals surface area contributed by atoms with Gasteiger partial charge in [0, 0.05) is 12.3 Å². The second-order valence-electron chi connectivity index (χ2n) is 9.05. The summed E-state index contributed by atoms with van der Waals surface area (Å²) in [6, 6.07) is 0. The van der Waals surface area contributed by atoms with Crippen molar-refractivity contribution in [2.75, 3.05) is 0 Å². The molecule has 4 aliphatic rings. The molecule has 23 heavy (non-hydrogen) atoms. The van der Waals surface area contributed by atoms with Gasteiger partial charge in [0.05, 0.1) is 0 Å². The van der Waals surface area contributed by atoms with E-state index in [0.29, 0.717) is 23.5 Å². The minimum absolute atomic E-state index is 0.0751. The van der Waals surface area contributed by atoms with E-state index in [1.54, 1.807) is 0 Å². The van der Waals surface area contributed by atoms with Gasteiger partial charge in [0.2, 0.25) is 5.91 Å². The Morgan fingerprint density at radius 2 is 1.87 bits per heavy atom. The van der Waals surface area contributed by atoms with Gasteiger partial charge in [0.25, 0.3) is 0 Å². The fourth-order valence-electron chi connectivity index (χ4n) is 7.03. The second-order valence-corrected chi connectivity index (χ2v) is 9.05. The largest absolute Gasteiger partial charge is 0.369 e. The highest BCUT2D eigenvalue weighted by atomic mass is 16.1. The molecule has 0 aromatic heterocycles. The van der Waals surface area contributed by atoms with E-state index in [9.17, 15) is 9.59 Å². The van der Waals surface area contributed by atoms with Crippen LogP contribution in [0.4, 0.5) is 0 Å². The second kappa shape index (κ2) is 4.94. The summed E-state index contributed by atoms with van der Waals surface area (Å²) >= 11 is 0. The first kappa shape index (κ1) is 15.4. The first-order valence-electron chi connectivity index (χ1n) is 9.39. The quantitative estimate of drug-likeness (QED) is 0.803. The van der Waals surface area contributed by atoms with Crippen molar-refractivity contribution >= 4 is 11.7 Å². The van der Waals surface area contributed by atoms with Crippen LogP contribution in [-0.2, 0) is 9.59 Å². The van der Waals surface area contributed by atoms with Gasteiger partial charge >= 0.3 is 0 Å². The number of carbonyl (C=O) groups is 2. The van der Waals surface area contributed by atoms with Crippen LogP contribution in [0.1, 0.15) is 65.2 Å². The molecule has 3 saturated carbocycles. The highest BCUT2D eigenvalue weighted by molar-refractivity contribution is 5.91. The van der Waals surface area contributed by atoms with Crippen LogP contribution in [0.25, 0.3) is 0 Å². The molecule has 3 heteroatoms. The van der Waals surface area contributed by atoms with Crippen molar-refractivity contribution in [1.82, 2.24) is 0 Å². The third kappa shape index (κ3) is 2.01. The highest BCUT2D eigenvalue weighted by Crippen LogP contribution is 2.66. The number of fused-ring (bicyclic) bond motifs is 5. The monoisotopic (exact) mass is 315 g/mol. The number of hydrogen-bond acceptors (Lipinski definition) is 2. The molecule has 3 nitrogen and oxygen atoms in total. The first-order valence-corrected chi connectivity index (χ1v) is 9.39. The highest BCUT2D eigenvalue weighted by Gasteiger charge is 2.59. The zero-order valence-electron chi connectivity index (χ0n) is 14.4. The fourth-order valence-corrected chi connectivity index (χ4v) is 7.03. The Bertz CT molecular complexity index is 594. The minimum Gasteiger partial charge on any atom is -0.369 e. The van der Waals surface area contributed by atoms with Gasteiger partial charge in [-0.05, 0) is 79.6 Å². The van der Waals surface area contributed by atoms with E-state index in [0.717, 1.165) is 32.1 Å². The van der Waals surface area contributed by atoms with Crippen molar-refractivity contribution in [2.24, 2.45) is 40.2 Å². The molecular weight excluding hydrogens is 286 g/mol. The van der Waals surface area contributed by atoms with Crippen LogP contribution in [-0.4, -0.2) is 11.7 Å². The maximum atomic E-state index is 11.9. The van der Waals surface area contributed by atoms with Gasteiger partial charge in [0.15, 0.2) is 5.78 Å². The van der Waals surface area contributed by atoms with Gasteiger partial charge in [-0.2, -0.15) is 0 Å². The number of nitrogens with two attached hydrogens (primary N) is 1. The van der Waals surface area contributed by atoms with Gasteiger partial charge in [0.1, 0.15) is 0 Å². The Labute approximate surface area is 139 Å². The summed E-state index contributed by atoms with van der Waals surface area (Å²) in [5, 5.41) is 0. The summed E-state index contributed by atoms with van der Waals surface area (Å²) in [6.07, 6.45) is 10.5. The van der Waals surface area contributed by atoms with E-state index < -0.39 is 0 Å². The Kier molecular flexibility index (Phi) is 3.31. The van der Waals surface area contributed by atoms with E-state index in [-0.39, 0.29) is 22.7 Å². The van der Waals surface area contributed by atoms with E-state index in [4.69, 9.17) is 5.73 Å². The molecule has 0 aromatic rings. The number of ketones is 1. The number of carbonyl (C=O) groups excluding carboxylic acids is 2. The standard InChI is InChI=1S/C20H29NO2/c1-19-9-7-13(22)11-12(19)3-4-14-15-5-6-17(18(21)23)20(15,2)10-8-16(14)19/h11,14-17H,3-10H2,1-2H3,(H2,21,23)/t14-,15-,16+,17?,19-,20-/m0/s1. The van der Waals surface area contributed by atoms with Gasteiger partial charge in [-0.3, -0.25) is 9.59 Å². The van der Waals surface area contributed by atoms with Crippen LogP contribution in [0, 0.1) is 34.5 Å². The number of primary amides is 1. The van der Waals surface area contributed by atoms with Gasteiger partial charge in [-0.25, -0.2) is 0 Å². The number of rotatable bonds is 1. The summed E-state index contributed by atoms with van der Waals surface area (Å²) in [6.45, 7) is 4.74. The molecular formula is C20H29NO2. The van der Waals surface area contributed by atoms with E-state index in [1.165, 1.54) is 24.8 Å². The molecule has 0 spiro atoms.